The van der Waals surface area contributed by atoms with E-state index in [1.165, 1.54) is 25.3 Å². The van der Waals surface area contributed by atoms with E-state index >= 15 is 0 Å². The van der Waals surface area contributed by atoms with Gasteiger partial charge in [0.1, 0.15) is 5.75 Å². The predicted octanol–water partition coefficient (Wildman–Crippen LogP) is 3.49. The second-order valence-electron chi connectivity index (χ2n) is 4.48. The first kappa shape index (κ1) is 12.7. The van der Waals surface area contributed by atoms with Gasteiger partial charge in [0, 0.05) is 12.1 Å². The maximum absolute atomic E-state index is 11.2. The number of H-pyrrole nitrogens is 1. The Morgan fingerprint density at radius 2 is 1.94 bits per heavy atom. The van der Waals surface area contributed by atoms with Crippen molar-refractivity contribution in [3.63, 3.8) is 0 Å². The van der Waals surface area contributed by atoms with Crippen molar-refractivity contribution in [2.75, 3.05) is 6.61 Å². The van der Waals surface area contributed by atoms with E-state index in [0.29, 0.717) is 0 Å². The van der Waals surface area contributed by atoms with Crippen molar-refractivity contribution in [1.82, 2.24) is 4.98 Å². The van der Waals surface area contributed by atoms with Crippen LogP contribution in [0.5, 0.6) is 5.75 Å². The molecule has 0 radical (unpaired) electrons. The van der Waals surface area contributed by atoms with Crippen LogP contribution in [0.15, 0.2) is 35.1 Å². The van der Waals surface area contributed by atoms with Crippen LogP contribution in [0.25, 0.3) is 10.9 Å². The summed E-state index contributed by atoms with van der Waals surface area (Å²) in [5.41, 5.74) is 0.746. The van der Waals surface area contributed by atoms with E-state index in [9.17, 15) is 4.79 Å². The van der Waals surface area contributed by atoms with E-state index in [-0.39, 0.29) is 5.56 Å². The molecule has 0 unspecified atom stereocenters. The molecule has 0 spiro atoms. The van der Waals surface area contributed by atoms with Gasteiger partial charge in [-0.2, -0.15) is 0 Å². The summed E-state index contributed by atoms with van der Waals surface area (Å²) in [6.45, 7) is 2.93. The molecule has 3 heteroatoms. The lowest BCUT2D eigenvalue weighted by atomic mass is 10.2. The van der Waals surface area contributed by atoms with Crippen molar-refractivity contribution in [2.24, 2.45) is 0 Å². The van der Waals surface area contributed by atoms with Crippen LogP contribution in [0.3, 0.4) is 0 Å². The summed E-state index contributed by atoms with van der Waals surface area (Å²) in [7, 11) is 0. The van der Waals surface area contributed by atoms with Gasteiger partial charge in [-0.3, -0.25) is 4.79 Å². The first-order chi connectivity index (χ1) is 8.79. The first-order valence-electron chi connectivity index (χ1n) is 6.55. The average molecular weight is 245 g/mol. The topological polar surface area (TPSA) is 42.1 Å². The highest BCUT2D eigenvalue weighted by Gasteiger charge is 1.98. The van der Waals surface area contributed by atoms with E-state index in [1.54, 1.807) is 0 Å². The molecule has 3 nitrogen and oxygen atoms in total. The third-order valence-corrected chi connectivity index (χ3v) is 2.96. The number of aromatic nitrogens is 1. The molecule has 1 aromatic heterocycles. The molecule has 0 aliphatic carbocycles. The maximum atomic E-state index is 11.2. The zero-order chi connectivity index (χ0) is 12.8. The molecule has 0 aliphatic rings. The van der Waals surface area contributed by atoms with Crippen molar-refractivity contribution in [1.29, 1.82) is 0 Å². The van der Waals surface area contributed by atoms with E-state index in [1.807, 2.05) is 24.3 Å². The summed E-state index contributed by atoms with van der Waals surface area (Å²) in [6, 6.07) is 9.15. The molecule has 0 atom stereocenters. The molecular weight excluding hydrogens is 226 g/mol. The lowest BCUT2D eigenvalue weighted by Gasteiger charge is -2.06. The van der Waals surface area contributed by atoms with Gasteiger partial charge in [0.25, 0.3) is 0 Å². The second kappa shape index (κ2) is 6.24. The Bertz CT molecular complexity index is 560. The fourth-order valence-electron chi connectivity index (χ4n) is 1.94. The highest BCUT2D eigenvalue weighted by Crippen LogP contribution is 2.18. The summed E-state index contributed by atoms with van der Waals surface area (Å²) < 4.78 is 5.68. The van der Waals surface area contributed by atoms with Crippen molar-refractivity contribution >= 4 is 10.9 Å². The van der Waals surface area contributed by atoms with Crippen LogP contribution in [0.4, 0.5) is 0 Å². The lowest BCUT2D eigenvalue weighted by molar-refractivity contribution is 0.305. The van der Waals surface area contributed by atoms with Gasteiger partial charge in [0.05, 0.1) is 12.1 Å². The largest absolute Gasteiger partial charge is 0.494 e. The Hall–Kier alpha value is -1.77. The summed E-state index contributed by atoms with van der Waals surface area (Å²) in [4.78, 5) is 14.0. The average Bonchev–Trinajstić information content (AvgIpc) is 2.38. The summed E-state index contributed by atoms with van der Waals surface area (Å²) in [5, 5.41) is 1.02. The Balaban J connectivity index is 1.99. The van der Waals surface area contributed by atoms with E-state index in [0.717, 1.165) is 29.7 Å². The number of aromatic amines is 1. The standard InChI is InChI=1S/C15H19NO2/c1-2-3-4-5-10-18-13-8-6-12-7-9-15(17)16-14(12)11-13/h6-9,11H,2-5,10H2,1H3,(H,16,17). The normalized spacial score (nSPS) is 10.7. The Kier molecular flexibility index (Phi) is 4.40. The minimum absolute atomic E-state index is 0.0809. The molecule has 1 heterocycles. The van der Waals surface area contributed by atoms with Crippen LogP contribution in [0.1, 0.15) is 32.6 Å². The molecular formula is C15H19NO2. The van der Waals surface area contributed by atoms with Crippen LogP contribution in [-0.4, -0.2) is 11.6 Å². The van der Waals surface area contributed by atoms with Crippen molar-refractivity contribution in [3.8, 4) is 5.75 Å². The second-order valence-corrected chi connectivity index (χ2v) is 4.48. The maximum Gasteiger partial charge on any atom is 0.248 e. The molecule has 1 N–H and O–H groups in total. The molecule has 0 saturated carbocycles. The van der Waals surface area contributed by atoms with Gasteiger partial charge in [-0.25, -0.2) is 0 Å². The van der Waals surface area contributed by atoms with E-state index < -0.39 is 0 Å². The smallest absolute Gasteiger partial charge is 0.248 e. The van der Waals surface area contributed by atoms with Crippen LogP contribution < -0.4 is 10.3 Å². The summed E-state index contributed by atoms with van der Waals surface area (Å²) >= 11 is 0. The first-order valence-corrected chi connectivity index (χ1v) is 6.55. The molecule has 0 saturated heterocycles. The number of fused-ring (bicyclic) bond motifs is 1. The number of pyridine rings is 1. The van der Waals surface area contributed by atoms with Crippen molar-refractivity contribution in [3.05, 3.63) is 40.7 Å². The van der Waals surface area contributed by atoms with Crippen molar-refractivity contribution < 1.29 is 4.74 Å². The van der Waals surface area contributed by atoms with Crippen LogP contribution >= 0.6 is 0 Å². The highest BCUT2D eigenvalue weighted by atomic mass is 16.5. The highest BCUT2D eigenvalue weighted by molar-refractivity contribution is 5.79. The molecule has 0 amide bonds. The number of hydrogen-bond acceptors (Lipinski definition) is 2. The number of nitrogens with one attached hydrogen (secondary N) is 1. The van der Waals surface area contributed by atoms with Gasteiger partial charge in [-0.1, -0.05) is 26.2 Å². The van der Waals surface area contributed by atoms with Gasteiger partial charge < -0.3 is 9.72 Å². The summed E-state index contributed by atoms with van der Waals surface area (Å²) in [5.74, 6) is 0.820. The minimum atomic E-state index is -0.0809. The van der Waals surface area contributed by atoms with Gasteiger partial charge in [-0.05, 0) is 30.0 Å². The fourth-order valence-corrected chi connectivity index (χ4v) is 1.94. The molecule has 0 bridgehead atoms. The third kappa shape index (κ3) is 3.36. The van der Waals surface area contributed by atoms with Crippen LogP contribution in [-0.2, 0) is 0 Å². The zero-order valence-electron chi connectivity index (χ0n) is 10.7. The van der Waals surface area contributed by atoms with Gasteiger partial charge in [0.2, 0.25) is 5.56 Å². The Morgan fingerprint density at radius 1 is 1.11 bits per heavy atom. The molecule has 2 aromatic rings. The predicted molar refractivity (Wildman–Crippen MR) is 74.2 cm³/mol. The number of unbranched alkanes of at least 4 members (excludes halogenated alkanes) is 3. The van der Waals surface area contributed by atoms with Gasteiger partial charge >= 0.3 is 0 Å². The number of rotatable bonds is 6. The zero-order valence-corrected chi connectivity index (χ0v) is 10.7. The fraction of sp³-hybridized carbons (Fsp3) is 0.400. The molecule has 18 heavy (non-hydrogen) atoms. The number of ether oxygens (including phenoxy) is 1. The van der Waals surface area contributed by atoms with E-state index in [2.05, 4.69) is 11.9 Å². The SMILES string of the molecule is CCCCCCOc1ccc2ccc(=O)[nH]c2c1. The quantitative estimate of drug-likeness (QED) is 0.791. The molecule has 2 rings (SSSR count). The Morgan fingerprint density at radius 3 is 2.78 bits per heavy atom. The monoisotopic (exact) mass is 245 g/mol. The van der Waals surface area contributed by atoms with E-state index in [4.69, 9.17) is 4.74 Å². The molecule has 0 fully saturated rings. The minimum Gasteiger partial charge on any atom is -0.494 e. The summed E-state index contributed by atoms with van der Waals surface area (Å²) in [6.07, 6.45) is 4.78. The third-order valence-electron chi connectivity index (χ3n) is 2.96. The number of hydrogen-bond donors (Lipinski definition) is 1. The van der Waals surface area contributed by atoms with Crippen molar-refractivity contribution in [2.45, 2.75) is 32.6 Å². The number of benzene rings is 1. The Labute approximate surface area is 107 Å². The molecule has 1 aromatic carbocycles. The van der Waals surface area contributed by atoms with Gasteiger partial charge in [-0.15, -0.1) is 0 Å². The van der Waals surface area contributed by atoms with Gasteiger partial charge in [0.15, 0.2) is 0 Å². The molecule has 0 aliphatic heterocycles. The van der Waals surface area contributed by atoms with Crippen LogP contribution in [0.2, 0.25) is 0 Å². The van der Waals surface area contributed by atoms with Crippen LogP contribution in [0, 0.1) is 0 Å². The molecule has 96 valence electrons. The lowest BCUT2D eigenvalue weighted by Crippen LogP contribution is -2.03.